The molecule has 3 heteroatoms. The van der Waals surface area contributed by atoms with Crippen molar-refractivity contribution < 1.29 is 9.32 Å². The highest BCUT2D eigenvalue weighted by Gasteiger charge is 2.21. The lowest BCUT2D eigenvalue weighted by Gasteiger charge is -2.22. The van der Waals surface area contributed by atoms with Gasteiger partial charge < -0.3 is 5.11 Å². The Morgan fingerprint density at radius 1 is 0.909 bits per heavy atom. The predicted molar refractivity (Wildman–Crippen MR) is 96.3 cm³/mol. The fourth-order valence-electron chi connectivity index (χ4n) is 2.53. The van der Waals surface area contributed by atoms with E-state index in [0.717, 1.165) is 4.90 Å². The first-order valence-corrected chi connectivity index (χ1v) is 9.71. The van der Waals surface area contributed by atoms with Gasteiger partial charge in [-0.2, -0.15) is 0 Å². The van der Waals surface area contributed by atoms with Gasteiger partial charge in [-0.05, 0) is 47.8 Å². The molecule has 0 saturated heterocycles. The molecule has 0 heterocycles. The van der Waals surface area contributed by atoms with Gasteiger partial charge in [-0.3, -0.25) is 4.21 Å². The van der Waals surface area contributed by atoms with Crippen LogP contribution in [0.3, 0.4) is 0 Å². The van der Waals surface area contributed by atoms with Gasteiger partial charge in [0, 0.05) is 10.6 Å². The van der Waals surface area contributed by atoms with Crippen LogP contribution in [0.2, 0.25) is 0 Å². The van der Waals surface area contributed by atoms with Crippen molar-refractivity contribution in [3.63, 3.8) is 0 Å². The average molecular weight is 325 g/mol. The molecule has 0 aliphatic heterocycles. The summed E-state index contributed by atoms with van der Waals surface area (Å²) in [5.74, 6) is 1.69. The van der Waals surface area contributed by atoms with E-state index in [1.807, 2.05) is 0 Å². The summed E-state index contributed by atoms with van der Waals surface area (Å²) in [4.78, 5) is 1.01. The van der Waals surface area contributed by atoms with Crippen LogP contribution < -0.4 is 0 Å². The second kappa shape index (κ2) is 8.26. The number of benzene rings is 1. The van der Waals surface area contributed by atoms with Crippen molar-refractivity contribution in [2.75, 3.05) is 5.75 Å². The minimum absolute atomic E-state index is 0.349. The van der Waals surface area contributed by atoms with Gasteiger partial charge in [-0.15, -0.1) is 0 Å². The smallest absolute Gasteiger partial charge is 0.0536 e. The molecule has 0 amide bonds. The van der Waals surface area contributed by atoms with Crippen molar-refractivity contribution in [1.29, 1.82) is 0 Å². The number of hydrogen-bond acceptors (Lipinski definition) is 2. The molecule has 22 heavy (non-hydrogen) atoms. The second-order valence-electron chi connectivity index (χ2n) is 7.18. The largest absolute Gasteiger partial charge is 0.393 e. The number of aliphatic hydroxyl groups excluding tert-OH is 1. The molecular formula is C19H32O2S. The zero-order valence-electron chi connectivity index (χ0n) is 15.1. The quantitative estimate of drug-likeness (QED) is 0.771. The maximum atomic E-state index is 12.9. The number of hydrogen-bond donors (Lipinski definition) is 1. The van der Waals surface area contributed by atoms with Crippen LogP contribution in [0.15, 0.2) is 17.0 Å². The lowest BCUT2D eigenvalue weighted by atomic mass is 9.89. The molecule has 0 fully saturated rings. The van der Waals surface area contributed by atoms with Gasteiger partial charge in [-0.1, -0.05) is 53.7 Å². The Balaban J connectivity index is 3.41. The third-order valence-corrected chi connectivity index (χ3v) is 5.56. The maximum Gasteiger partial charge on any atom is 0.0536 e. The molecule has 0 bridgehead atoms. The second-order valence-corrected chi connectivity index (χ2v) is 8.69. The molecule has 0 aliphatic carbocycles. The molecule has 0 spiro atoms. The molecule has 2 atom stereocenters. The van der Waals surface area contributed by atoms with Crippen LogP contribution in [-0.2, 0) is 10.8 Å². The zero-order chi connectivity index (χ0) is 17.0. The summed E-state index contributed by atoms with van der Waals surface area (Å²) in [6.45, 7) is 14.8. The highest BCUT2D eigenvalue weighted by atomic mass is 32.2. The van der Waals surface area contributed by atoms with Crippen LogP contribution in [0.5, 0.6) is 0 Å². The molecule has 1 N–H and O–H groups in total. The van der Waals surface area contributed by atoms with Gasteiger partial charge in [0.05, 0.1) is 16.9 Å². The summed E-state index contributed by atoms with van der Waals surface area (Å²) in [5.41, 5.74) is 3.74. The van der Waals surface area contributed by atoms with Gasteiger partial charge >= 0.3 is 0 Å². The van der Waals surface area contributed by atoms with E-state index in [1.165, 1.54) is 16.7 Å². The van der Waals surface area contributed by atoms with Crippen LogP contribution in [0.25, 0.3) is 0 Å². The molecule has 0 aliphatic rings. The molecule has 0 saturated carbocycles. The summed E-state index contributed by atoms with van der Waals surface area (Å²) in [6, 6.07) is 4.47. The van der Waals surface area contributed by atoms with Crippen LogP contribution in [0.1, 0.15) is 89.3 Å². The van der Waals surface area contributed by atoms with Gasteiger partial charge in [-0.25, -0.2) is 0 Å². The van der Waals surface area contributed by atoms with Gasteiger partial charge in [0.25, 0.3) is 0 Å². The van der Waals surface area contributed by atoms with Crippen molar-refractivity contribution in [2.45, 2.75) is 83.6 Å². The lowest BCUT2D eigenvalue weighted by Crippen LogP contribution is -2.13. The SMILES string of the molecule is CC(C)c1cc(C(C)C)c(S(=O)CC[C@H](C)O)c(C(C)C)c1. The fourth-order valence-corrected chi connectivity index (χ4v) is 4.41. The van der Waals surface area contributed by atoms with E-state index in [0.29, 0.717) is 29.9 Å². The van der Waals surface area contributed by atoms with E-state index in [1.54, 1.807) is 6.92 Å². The van der Waals surface area contributed by atoms with Crippen molar-refractivity contribution in [3.05, 3.63) is 28.8 Å². The molecule has 2 nitrogen and oxygen atoms in total. The van der Waals surface area contributed by atoms with Gasteiger partial charge in [0.2, 0.25) is 0 Å². The summed E-state index contributed by atoms with van der Waals surface area (Å²) in [5, 5.41) is 9.49. The molecule has 0 radical (unpaired) electrons. The normalized spacial score (nSPS) is 14.9. The molecule has 0 aromatic heterocycles. The first-order chi connectivity index (χ1) is 10.1. The Kier molecular flexibility index (Phi) is 7.27. The van der Waals surface area contributed by atoms with Crippen LogP contribution in [-0.4, -0.2) is 21.2 Å². The Morgan fingerprint density at radius 3 is 1.68 bits per heavy atom. The first kappa shape index (κ1) is 19.4. The molecule has 1 aromatic rings. The first-order valence-electron chi connectivity index (χ1n) is 8.39. The third kappa shape index (κ3) is 4.92. The fraction of sp³-hybridized carbons (Fsp3) is 0.684. The third-order valence-electron chi connectivity index (χ3n) is 4.03. The molecule has 1 unspecified atom stereocenters. The monoisotopic (exact) mass is 324 g/mol. The summed E-state index contributed by atoms with van der Waals surface area (Å²) < 4.78 is 12.9. The van der Waals surface area contributed by atoms with E-state index >= 15 is 0 Å². The molecule has 126 valence electrons. The van der Waals surface area contributed by atoms with Gasteiger partial charge in [0.1, 0.15) is 0 Å². The Hall–Kier alpha value is -0.670. The summed E-state index contributed by atoms with van der Waals surface area (Å²) >= 11 is 0. The van der Waals surface area contributed by atoms with Crippen LogP contribution >= 0.6 is 0 Å². The highest BCUT2D eigenvalue weighted by molar-refractivity contribution is 7.85. The van der Waals surface area contributed by atoms with Crippen LogP contribution in [0.4, 0.5) is 0 Å². The molecular weight excluding hydrogens is 292 g/mol. The number of rotatable bonds is 7. The number of aliphatic hydroxyl groups is 1. The summed E-state index contributed by atoms with van der Waals surface area (Å²) in [6.07, 6.45) is 0.178. The van der Waals surface area contributed by atoms with E-state index in [9.17, 15) is 9.32 Å². The van der Waals surface area contributed by atoms with Crippen molar-refractivity contribution in [3.8, 4) is 0 Å². The maximum absolute atomic E-state index is 12.9. The van der Waals surface area contributed by atoms with Gasteiger partial charge in [0.15, 0.2) is 0 Å². The Bertz CT molecular complexity index is 487. The Morgan fingerprint density at radius 2 is 1.36 bits per heavy atom. The van der Waals surface area contributed by atoms with E-state index < -0.39 is 16.9 Å². The zero-order valence-corrected chi connectivity index (χ0v) is 16.0. The van der Waals surface area contributed by atoms with Crippen molar-refractivity contribution in [1.82, 2.24) is 0 Å². The predicted octanol–water partition coefficient (Wildman–Crippen LogP) is 4.94. The average Bonchev–Trinajstić information content (AvgIpc) is 2.42. The molecule has 1 rings (SSSR count). The van der Waals surface area contributed by atoms with E-state index in [-0.39, 0.29) is 0 Å². The highest BCUT2D eigenvalue weighted by Crippen LogP contribution is 2.34. The topological polar surface area (TPSA) is 37.3 Å². The minimum Gasteiger partial charge on any atom is -0.393 e. The standard InChI is InChI=1S/C19H32O2S/c1-12(2)16-10-17(13(3)4)19(18(11-16)14(5)6)22(21)9-8-15(7)20/h10-15,20H,8-9H2,1-7H3/t15-,22?/m0/s1. The van der Waals surface area contributed by atoms with Crippen LogP contribution in [0, 0.1) is 0 Å². The minimum atomic E-state index is -1.05. The van der Waals surface area contributed by atoms with Crippen molar-refractivity contribution >= 4 is 10.8 Å². The Labute approximate surface area is 138 Å². The van der Waals surface area contributed by atoms with Crippen molar-refractivity contribution in [2.24, 2.45) is 0 Å². The van der Waals surface area contributed by atoms with E-state index in [4.69, 9.17) is 0 Å². The molecule has 1 aromatic carbocycles. The van der Waals surface area contributed by atoms with E-state index in [2.05, 4.69) is 53.7 Å². The lowest BCUT2D eigenvalue weighted by molar-refractivity contribution is 0.192. The summed E-state index contributed by atoms with van der Waals surface area (Å²) in [7, 11) is -1.05.